The number of amides is 2. The highest BCUT2D eigenvalue weighted by Gasteiger charge is 2.27. The van der Waals surface area contributed by atoms with Crippen molar-refractivity contribution in [2.75, 3.05) is 13.7 Å². The van der Waals surface area contributed by atoms with Crippen molar-refractivity contribution in [1.29, 1.82) is 0 Å². The highest BCUT2D eigenvalue weighted by Crippen LogP contribution is 2.12. The quantitative estimate of drug-likeness (QED) is 0.423. The molecule has 0 radical (unpaired) electrons. The molecule has 0 saturated heterocycles. The van der Waals surface area contributed by atoms with E-state index in [1.807, 2.05) is 0 Å². The molecular weight excluding hydrogens is 398 g/mol. The Morgan fingerprint density at radius 1 is 1.07 bits per heavy atom. The monoisotopic (exact) mass is 429 g/mol. The van der Waals surface area contributed by atoms with Gasteiger partial charge in [-0.2, -0.15) is 0 Å². The first kappa shape index (κ1) is 25.1. The summed E-state index contributed by atoms with van der Waals surface area (Å²) in [5, 5.41) is 22.3. The number of carbonyl (C=O) groups is 3. The third kappa shape index (κ3) is 9.07. The standard InChI is InChI=1S/C18H31N5O7/c1-17(2,3)29-15(26)19-12(14(25)28-7)9-23-8-11(21-22-23)13(10-24)20-16(27)30-18(4,5)6/h8,12-13,24H,9-10H2,1-7H3,(H,19,26)(H,20,27)/t12-,13+/m1/s1. The normalized spacial score (nSPS) is 13.7. The van der Waals surface area contributed by atoms with E-state index in [1.165, 1.54) is 18.0 Å². The number of methoxy groups -OCH3 is 1. The Balaban J connectivity index is 2.85. The zero-order chi connectivity index (χ0) is 23.1. The molecule has 2 atom stereocenters. The number of nitrogens with zero attached hydrogens (tertiary/aromatic N) is 3. The summed E-state index contributed by atoms with van der Waals surface area (Å²) in [7, 11) is 1.19. The molecule has 0 aliphatic heterocycles. The number of esters is 1. The van der Waals surface area contributed by atoms with E-state index in [4.69, 9.17) is 14.2 Å². The lowest BCUT2D eigenvalue weighted by atomic mass is 10.2. The van der Waals surface area contributed by atoms with Gasteiger partial charge in [-0.05, 0) is 41.5 Å². The predicted molar refractivity (Wildman–Crippen MR) is 104 cm³/mol. The minimum Gasteiger partial charge on any atom is -0.467 e. The largest absolute Gasteiger partial charge is 0.467 e. The summed E-state index contributed by atoms with van der Waals surface area (Å²) >= 11 is 0. The van der Waals surface area contributed by atoms with E-state index in [2.05, 4.69) is 20.9 Å². The van der Waals surface area contributed by atoms with Gasteiger partial charge in [-0.15, -0.1) is 5.10 Å². The highest BCUT2D eigenvalue weighted by atomic mass is 16.6. The van der Waals surface area contributed by atoms with E-state index in [0.29, 0.717) is 0 Å². The molecule has 12 nitrogen and oxygen atoms in total. The molecule has 1 aromatic rings. The number of aromatic nitrogens is 3. The first-order chi connectivity index (χ1) is 13.7. The third-order valence-electron chi connectivity index (χ3n) is 3.33. The van der Waals surface area contributed by atoms with E-state index in [-0.39, 0.29) is 12.2 Å². The fourth-order valence-corrected chi connectivity index (χ4v) is 2.18. The van der Waals surface area contributed by atoms with Gasteiger partial charge in [-0.25, -0.2) is 19.1 Å². The second-order valence-electron chi connectivity index (χ2n) is 8.47. The predicted octanol–water partition coefficient (Wildman–Crippen LogP) is 0.902. The molecule has 0 aliphatic carbocycles. The van der Waals surface area contributed by atoms with Gasteiger partial charge in [0.05, 0.1) is 26.5 Å². The fourth-order valence-electron chi connectivity index (χ4n) is 2.18. The van der Waals surface area contributed by atoms with Crippen molar-refractivity contribution in [1.82, 2.24) is 25.6 Å². The van der Waals surface area contributed by atoms with Crippen LogP contribution in [-0.4, -0.2) is 69.2 Å². The molecule has 0 bridgehead atoms. The number of ether oxygens (including phenoxy) is 3. The molecule has 170 valence electrons. The molecule has 0 unspecified atom stereocenters. The van der Waals surface area contributed by atoms with E-state index in [9.17, 15) is 19.5 Å². The van der Waals surface area contributed by atoms with Crippen LogP contribution in [0.4, 0.5) is 9.59 Å². The van der Waals surface area contributed by atoms with Gasteiger partial charge in [0.1, 0.15) is 29.0 Å². The van der Waals surface area contributed by atoms with Crippen LogP contribution in [-0.2, 0) is 25.5 Å². The van der Waals surface area contributed by atoms with E-state index >= 15 is 0 Å². The molecule has 12 heteroatoms. The van der Waals surface area contributed by atoms with Gasteiger partial charge in [-0.3, -0.25) is 0 Å². The number of alkyl carbamates (subject to hydrolysis) is 2. The summed E-state index contributed by atoms with van der Waals surface area (Å²) in [6.07, 6.45) is -0.0986. The zero-order valence-electron chi connectivity index (χ0n) is 18.4. The minimum absolute atomic E-state index is 0.108. The Bertz CT molecular complexity index is 736. The van der Waals surface area contributed by atoms with Crippen LogP contribution in [0.2, 0.25) is 0 Å². The topological polar surface area (TPSA) is 154 Å². The van der Waals surface area contributed by atoms with Gasteiger partial charge in [-0.1, -0.05) is 5.21 Å². The maximum Gasteiger partial charge on any atom is 0.408 e. The Labute approximate surface area is 175 Å². The first-order valence-corrected chi connectivity index (χ1v) is 9.32. The lowest BCUT2D eigenvalue weighted by Crippen LogP contribution is -2.46. The second-order valence-corrected chi connectivity index (χ2v) is 8.47. The number of rotatable bonds is 7. The lowest BCUT2D eigenvalue weighted by molar-refractivity contribution is -0.143. The Hall–Kier alpha value is -2.89. The average Bonchev–Trinajstić information content (AvgIpc) is 3.03. The zero-order valence-corrected chi connectivity index (χ0v) is 18.4. The number of hydrogen-bond donors (Lipinski definition) is 3. The smallest absolute Gasteiger partial charge is 0.408 e. The molecule has 30 heavy (non-hydrogen) atoms. The van der Waals surface area contributed by atoms with Crippen molar-refractivity contribution >= 4 is 18.2 Å². The van der Waals surface area contributed by atoms with Gasteiger partial charge in [0, 0.05) is 0 Å². The Morgan fingerprint density at radius 2 is 1.60 bits per heavy atom. The molecule has 2 amide bonds. The average molecular weight is 429 g/mol. The highest BCUT2D eigenvalue weighted by molar-refractivity contribution is 5.81. The van der Waals surface area contributed by atoms with Crippen LogP contribution in [0, 0.1) is 0 Å². The van der Waals surface area contributed by atoms with Crippen molar-refractivity contribution in [3.8, 4) is 0 Å². The molecule has 0 spiro atoms. The SMILES string of the molecule is COC(=O)[C@@H](Cn1cc([C@H](CO)NC(=O)OC(C)(C)C)nn1)NC(=O)OC(C)(C)C. The summed E-state index contributed by atoms with van der Waals surface area (Å²) < 4.78 is 16.3. The Kier molecular flexibility index (Phi) is 8.58. The fraction of sp³-hybridized carbons (Fsp3) is 0.722. The molecule has 0 aliphatic rings. The molecule has 3 N–H and O–H groups in total. The van der Waals surface area contributed by atoms with Crippen LogP contribution >= 0.6 is 0 Å². The van der Waals surface area contributed by atoms with Gasteiger partial charge in [0.25, 0.3) is 0 Å². The van der Waals surface area contributed by atoms with Crippen LogP contribution in [0.1, 0.15) is 53.3 Å². The summed E-state index contributed by atoms with van der Waals surface area (Å²) in [4.78, 5) is 35.9. The number of aliphatic hydroxyl groups is 1. The third-order valence-corrected chi connectivity index (χ3v) is 3.33. The van der Waals surface area contributed by atoms with Crippen molar-refractivity contribution < 1.29 is 33.7 Å². The number of hydrogen-bond acceptors (Lipinski definition) is 9. The summed E-state index contributed by atoms with van der Waals surface area (Å²) in [6.45, 7) is 9.64. The second kappa shape index (κ2) is 10.2. The molecule has 0 aromatic carbocycles. The van der Waals surface area contributed by atoms with E-state index in [1.54, 1.807) is 41.5 Å². The molecule has 1 heterocycles. The summed E-state index contributed by atoms with van der Waals surface area (Å²) in [5.74, 6) is -0.705. The summed E-state index contributed by atoms with van der Waals surface area (Å²) in [6, 6.07) is -1.96. The molecule has 1 rings (SSSR count). The van der Waals surface area contributed by atoms with Crippen molar-refractivity contribution in [3.63, 3.8) is 0 Å². The van der Waals surface area contributed by atoms with Crippen molar-refractivity contribution in [2.24, 2.45) is 0 Å². The number of carbonyl (C=O) groups excluding carboxylic acids is 3. The number of nitrogens with one attached hydrogen (secondary N) is 2. The molecular formula is C18H31N5O7. The van der Waals surface area contributed by atoms with Gasteiger partial charge in [0.2, 0.25) is 0 Å². The lowest BCUT2D eigenvalue weighted by Gasteiger charge is -2.22. The van der Waals surface area contributed by atoms with Crippen molar-refractivity contribution in [2.45, 2.75) is 71.4 Å². The maximum atomic E-state index is 12.0. The van der Waals surface area contributed by atoms with Crippen LogP contribution < -0.4 is 10.6 Å². The molecule has 1 aromatic heterocycles. The van der Waals surface area contributed by atoms with Gasteiger partial charge >= 0.3 is 18.2 Å². The summed E-state index contributed by atoms with van der Waals surface area (Å²) in [5.41, 5.74) is -1.21. The molecule has 0 saturated carbocycles. The maximum absolute atomic E-state index is 12.0. The van der Waals surface area contributed by atoms with Crippen LogP contribution in [0.3, 0.4) is 0 Å². The van der Waals surface area contributed by atoms with Gasteiger partial charge < -0.3 is 30.0 Å². The van der Waals surface area contributed by atoms with Crippen LogP contribution in [0.15, 0.2) is 6.20 Å². The first-order valence-electron chi connectivity index (χ1n) is 9.32. The van der Waals surface area contributed by atoms with E-state index in [0.717, 1.165) is 0 Å². The van der Waals surface area contributed by atoms with Crippen LogP contribution in [0.25, 0.3) is 0 Å². The molecule has 0 fully saturated rings. The van der Waals surface area contributed by atoms with Crippen LogP contribution in [0.5, 0.6) is 0 Å². The number of aliphatic hydroxyl groups excluding tert-OH is 1. The van der Waals surface area contributed by atoms with Crippen molar-refractivity contribution in [3.05, 3.63) is 11.9 Å². The van der Waals surface area contributed by atoms with E-state index < -0.39 is 48.0 Å². The van der Waals surface area contributed by atoms with Gasteiger partial charge in [0.15, 0.2) is 0 Å². The Morgan fingerprint density at radius 3 is 2.07 bits per heavy atom. The minimum atomic E-state index is -1.09.